The Hall–Kier alpha value is -2.49. The van der Waals surface area contributed by atoms with Crippen LogP contribution in [0.15, 0.2) is 47.0 Å². The van der Waals surface area contributed by atoms with Crippen molar-refractivity contribution in [3.8, 4) is 11.6 Å². The van der Waals surface area contributed by atoms with Crippen molar-refractivity contribution in [2.75, 3.05) is 0 Å². The minimum absolute atomic E-state index is 0.180. The summed E-state index contributed by atoms with van der Waals surface area (Å²) in [6.07, 6.45) is 3.27. The van der Waals surface area contributed by atoms with E-state index in [1.807, 2.05) is 31.2 Å². The molecular weight excluding hydrogens is 279 g/mol. The van der Waals surface area contributed by atoms with E-state index in [-0.39, 0.29) is 11.7 Å². The Morgan fingerprint density at radius 1 is 1.18 bits per heavy atom. The number of aryl methyl sites for hydroxylation is 1. The van der Waals surface area contributed by atoms with E-state index in [0.717, 1.165) is 41.1 Å². The van der Waals surface area contributed by atoms with E-state index in [2.05, 4.69) is 9.97 Å². The van der Waals surface area contributed by atoms with Crippen LogP contribution in [0.3, 0.4) is 0 Å². The Morgan fingerprint density at radius 2 is 2.09 bits per heavy atom. The van der Waals surface area contributed by atoms with Crippen LogP contribution in [0, 0.1) is 12.7 Å². The number of hydrogen-bond donors (Lipinski definition) is 0. The predicted molar refractivity (Wildman–Crippen MR) is 81.0 cm³/mol. The van der Waals surface area contributed by atoms with Crippen LogP contribution in [0.2, 0.25) is 0 Å². The van der Waals surface area contributed by atoms with Gasteiger partial charge in [0.25, 0.3) is 0 Å². The minimum Gasteiger partial charge on any atom is -0.440 e. The number of benzene rings is 1. The van der Waals surface area contributed by atoms with Gasteiger partial charge in [-0.1, -0.05) is 12.1 Å². The molecule has 1 atom stereocenters. The van der Waals surface area contributed by atoms with Gasteiger partial charge in [0.1, 0.15) is 17.3 Å². The van der Waals surface area contributed by atoms with Crippen LogP contribution < -0.4 is 0 Å². The quantitative estimate of drug-likeness (QED) is 0.715. The maximum Gasteiger partial charge on any atom is 0.245 e. The molecule has 3 aromatic rings. The molecule has 22 heavy (non-hydrogen) atoms. The summed E-state index contributed by atoms with van der Waals surface area (Å²) in [5, 5.41) is 0. The molecule has 2 heterocycles. The zero-order chi connectivity index (χ0) is 15.1. The largest absolute Gasteiger partial charge is 0.440 e. The van der Waals surface area contributed by atoms with Crippen molar-refractivity contribution in [3.05, 3.63) is 71.0 Å². The van der Waals surface area contributed by atoms with Crippen LogP contribution in [0.5, 0.6) is 0 Å². The molecule has 0 saturated carbocycles. The van der Waals surface area contributed by atoms with E-state index in [9.17, 15) is 4.39 Å². The molecule has 0 aliphatic heterocycles. The lowest BCUT2D eigenvalue weighted by molar-refractivity contribution is 0.509. The average Bonchev–Trinajstić information content (AvgIpc) is 3.05. The first-order valence-corrected chi connectivity index (χ1v) is 7.36. The molecule has 0 radical (unpaired) electrons. The summed E-state index contributed by atoms with van der Waals surface area (Å²) in [7, 11) is 0. The second kappa shape index (κ2) is 5.05. The van der Waals surface area contributed by atoms with Gasteiger partial charge < -0.3 is 4.42 Å². The van der Waals surface area contributed by atoms with Gasteiger partial charge in [0, 0.05) is 19.0 Å². The van der Waals surface area contributed by atoms with Crippen molar-refractivity contribution in [1.29, 1.82) is 0 Å². The van der Waals surface area contributed by atoms with Gasteiger partial charge in [-0.05, 0) is 48.2 Å². The molecule has 4 rings (SSSR count). The van der Waals surface area contributed by atoms with Crippen LogP contribution in [0.1, 0.15) is 28.5 Å². The number of hydrogen-bond acceptors (Lipinski definition) is 3. The Labute approximate surface area is 127 Å². The van der Waals surface area contributed by atoms with Crippen molar-refractivity contribution in [2.24, 2.45) is 0 Å². The van der Waals surface area contributed by atoms with Crippen LogP contribution in [-0.2, 0) is 12.8 Å². The summed E-state index contributed by atoms with van der Waals surface area (Å²) in [6.45, 7) is 1.91. The molecule has 2 aromatic heterocycles. The zero-order valence-electron chi connectivity index (χ0n) is 12.2. The van der Waals surface area contributed by atoms with E-state index in [1.54, 1.807) is 18.3 Å². The summed E-state index contributed by atoms with van der Waals surface area (Å²) in [5.74, 6) is 1.53. The van der Waals surface area contributed by atoms with E-state index in [1.165, 1.54) is 0 Å². The molecule has 3 nitrogen and oxygen atoms in total. The van der Waals surface area contributed by atoms with E-state index >= 15 is 0 Å². The fraction of sp³-hybridized carbons (Fsp3) is 0.222. The van der Waals surface area contributed by atoms with Gasteiger partial charge in [-0.2, -0.15) is 0 Å². The maximum atomic E-state index is 13.6. The summed E-state index contributed by atoms with van der Waals surface area (Å²) >= 11 is 0. The topological polar surface area (TPSA) is 38.9 Å². The van der Waals surface area contributed by atoms with Crippen molar-refractivity contribution in [1.82, 2.24) is 9.97 Å². The molecule has 110 valence electrons. The highest BCUT2D eigenvalue weighted by atomic mass is 19.1. The maximum absolute atomic E-state index is 13.6. The fourth-order valence-electron chi connectivity index (χ4n) is 3.07. The molecule has 0 amide bonds. The number of fused-ring (bicyclic) bond motifs is 1. The highest BCUT2D eigenvalue weighted by molar-refractivity contribution is 5.48. The van der Waals surface area contributed by atoms with Crippen LogP contribution in [-0.4, -0.2) is 9.97 Å². The summed E-state index contributed by atoms with van der Waals surface area (Å²) in [5.41, 5.74) is 3.67. The van der Waals surface area contributed by atoms with Gasteiger partial charge in [-0.3, -0.25) is 4.98 Å². The van der Waals surface area contributed by atoms with Crippen LogP contribution in [0.4, 0.5) is 4.39 Å². The van der Waals surface area contributed by atoms with Gasteiger partial charge in [0.15, 0.2) is 0 Å². The molecular formula is C18H15FN2O. The van der Waals surface area contributed by atoms with Crippen LogP contribution in [0.25, 0.3) is 11.6 Å². The lowest BCUT2D eigenvalue weighted by atomic mass is 9.95. The van der Waals surface area contributed by atoms with Gasteiger partial charge in [0.05, 0.1) is 5.69 Å². The monoisotopic (exact) mass is 294 g/mol. The molecule has 0 N–H and O–H groups in total. The Balaban J connectivity index is 1.61. The third-order valence-corrected chi connectivity index (χ3v) is 4.07. The third-order valence-electron chi connectivity index (χ3n) is 4.07. The van der Waals surface area contributed by atoms with Crippen molar-refractivity contribution < 1.29 is 8.81 Å². The number of aromatic nitrogens is 2. The molecule has 1 aliphatic rings. The minimum atomic E-state index is -0.180. The fourth-order valence-corrected chi connectivity index (χ4v) is 3.07. The first-order valence-electron chi connectivity index (χ1n) is 7.36. The van der Waals surface area contributed by atoms with Crippen molar-refractivity contribution in [3.63, 3.8) is 0 Å². The van der Waals surface area contributed by atoms with Gasteiger partial charge >= 0.3 is 0 Å². The third kappa shape index (κ3) is 2.30. The highest BCUT2D eigenvalue weighted by Crippen LogP contribution is 2.36. The highest BCUT2D eigenvalue weighted by Gasteiger charge is 2.29. The van der Waals surface area contributed by atoms with E-state index in [0.29, 0.717) is 5.89 Å². The average molecular weight is 294 g/mol. The first kappa shape index (κ1) is 13.2. The van der Waals surface area contributed by atoms with Gasteiger partial charge in [-0.25, -0.2) is 9.37 Å². The second-order valence-electron chi connectivity index (χ2n) is 5.77. The molecule has 0 spiro atoms. The first-order chi connectivity index (χ1) is 10.7. The number of rotatable bonds is 2. The lowest BCUT2D eigenvalue weighted by Gasteiger charge is -2.10. The molecule has 0 fully saturated rings. The zero-order valence-corrected chi connectivity index (χ0v) is 12.2. The predicted octanol–water partition coefficient (Wildman–Crippen LogP) is 4.07. The van der Waals surface area contributed by atoms with Crippen molar-refractivity contribution in [2.45, 2.75) is 25.7 Å². The Bertz CT molecular complexity index is 783. The number of halogens is 1. The molecule has 1 aromatic carbocycles. The molecule has 4 heteroatoms. The summed E-state index contributed by atoms with van der Waals surface area (Å²) in [6, 6.07) is 10.9. The van der Waals surface area contributed by atoms with Crippen molar-refractivity contribution >= 4 is 0 Å². The molecule has 1 unspecified atom stereocenters. The molecule has 0 saturated heterocycles. The van der Waals surface area contributed by atoms with Gasteiger partial charge in [0.2, 0.25) is 5.89 Å². The standard InChI is InChI=1S/C18H15FN2O/c1-11-6-12(8-14(19)7-11)13-9-16-17(10-13)22-18(21-16)15-4-2-3-5-20-15/h2-8,13H,9-10H2,1H3. The van der Waals surface area contributed by atoms with Crippen LogP contribution >= 0.6 is 0 Å². The number of nitrogens with zero attached hydrogens (tertiary/aromatic N) is 2. The van der Waals surface area contributed by atoms with E-state index < -0.39 is 0 Å². The second-order valence-corrected chi connectivity index (χ2v) is 5.77. The molecule has 0 bridgehead atoms. The number of pyridine rings is 1. The molecule has 1 aliphatic carbocycles. The van der Waals surface area contributed by atoms with Gasteiger partial charge in [-0.15, -0.1) is 0 Å². The van der Waals surface area contributed by atoms with E-state index in [4.69, 9.17) is 4.42 Å². The SMILES string of the molecule is Cc1cc(F)cc(C2Cc3nc(-c4ccccn4)oc3C2)c1. The Morgan fingerprint density at radius 3 is 2.82 bits per heavy atom. The summed E-state index contributed by atoms with van der Waals surface area (Å²) < 4.78 is 19.4. The smallest absolute Gasteiger partial charge is 0.245 e. The lowest BCUT2D eigenvalue weighted by Crippen LogP contribution is -2.00. The normalized spacial score (nSPS) is 16.7. The number of oxazole rings is 1. The Kier molecular flexibility index (Phi) is 3.03. The summed E-state index contributed by atoms with van der Waals surface area (Å²) in [4.78, 5) is 8.82.